The summed E-state index contributed by atoms with van der Waals surface area (Å²) in [6, 6.07) is 8.55. The van der Waals surface area contributed by atoms with Crippen LogP contribution in [0, 0.1) is 6.92 Å². The molecule has 0 spiro atoms. The molecule has 23 heavy (non-hydrogen) atoms. The first kappa shape index (κ1) is 15.5. The van der Waals surface area contributed by atoms with Crippen molar-refractivity contribution in [1.82, 2.24) is 10.3 Å². The molecule has 3 aromatic rings. The molecule has 3 rings (SSSR count). The van der Waals surface area contributed by atoms with Gasteiger partial charge in [-0.25, -0.2) is 9.78 Å². The summed E-state index contributed by atoms with van der Waals surface area (Å²) < 4.78 is 5.39. The number of oxazole rings is 1. The third kappa shape index (κ3) is 3.52. The second kappa shape index (κ2) is 6.02. The Kier molecular flexibility index (Phi) is 4.06. The van der Waals surface area contributed by atoms with Crippen molar-refractivity contribution < 1.29 is 14.3 Å². The molecule has 0 bridgehead atoms. The smallest absolute Gasteiger partial charge is 0.319 e. The van der Waals surface area contributed by atoms with Gasteiger partial charge in [-0.15, -0.1) is 11.3 Å². The molecule has 2 aromatic heterocycles. The van der Waals surface area contributed by atoms with E-state index in [-0.39, 0.29) is 12.6 Å². The number of aromatic nitrogens is 1. The molecule has 1 unspecified atom stereocenters. The number of carbonyl (C=O) groups excluding carboxylic acids is 1. The number of hydrogen-bond donors (Lipinski definition) is 3. The van der Waals surface area contributed by atoms with Gasteiger partial charge in [-0.05, 0) is 36.6 Å². The Morgan fingerprint density at radius 3 is 3.00 bits per heavy atom. The van der Waals surface area contributed by atoms with Gasteiger partial charge < -0.3 is 20.2 Å². The fourth-order valence-corrected chi connectivity index (χ4v) is 3.01. The van der Waals surface area contributed by atoms with Gasteiger partial charge in [-0.3, -0.25) is 0 Å². The van der Waals surface area contributed by atoms with Crippen molar-refractivity contribution in [2.45, 2.75) is 19.4 Å². The van der Waals surface area contributed by atoms with Gasteiger partial charge in [0.2, 0.25) is 0 Å². The topological polar surface area (TPSA) is 87.4 Å². The lowest BCUT2D eigenvalue weighted by Gasteiger charge is -2.22. The second-order valence-corrected chi connectivity index (χ2v) is 6.42. The van der Waals surface area contributed by atoms with Crippen molar-refractivity contribution in [3.05, 3.63) is 46.5 Å². The molecular formula is C16H17N3O3S. The molecule has 6 nitrogen and oxygen atoms in total. The maximum absolute atomic E-state index is 12.0. The molecule has 2 heterocycles. The van der Waals surface area contributed by atoms with Gasteiger partial charge >= 0.3 is 6.03 Å². The highest BCUT2D eigenvalue weighted by molar-refractivity contribution is 7.10. The lowest BCUT2D eigenvalue weighted by atomic mass is 10.1. The van der Waals surface area contributed by atoms with E-state index in [4.69, 9.17) is 4.42 Å². The van der Waals surface area contributed by atoms with E-state index in [0.29, 0.717) is 22.7 Å². The number of benzene rings is 1. The van der Waals surface area contributed by atoms with E-state index in [0.717, 1.165) is 4.88 Å². The van der Waals surface area contributed by atoms with Gasteiger partial charge in [0, 0.05) is 17.5 Å². The fourth-order valence-electron chi connectivity index (χ4n) is 2.22. The number of carbonyl (C=O) groups is 1. The standard InChI is InChI=1S/C16H17N3O3S/c1-10-18-12-8-11(5-6-13(12)22-10)19-15(20)17-9-16(2,21)14-4-3-7-23-14/h3-8,21H,9H2,1-2H3,(H2,17,19,20). The number of hydrogen-bond acceptors (Lipinski definition) is 5. The number of urea groups is 1. The van der Waals surface area contributed by atoms with E-state index in [9.17, 15) is 9.90 Å². The summed E-state index contributed by atoms with van der Waals surface area (Å²) in [5, 5.41) is 17.7. The number of nitrogens with one attached hydrogen (secondary N) is 2. The van der Waals surface area contributed by atoms with E-state index in [1.807, 2.05) is 17.5 Å². The summed E-state index contributed by atoms with van der Waals surface area (Å²) in [6.07, 6.45) is 0. The minimum absolute atomic E-state index is 0.116. The normalized spacial score (nSPS) is 13.7. The Balaban J connectivity index is 1.62. The second-order valence-electron chi connectivity index (χ2n) is 5.47. The highest BCUT2D eigenvalue weighted by Crippen LogP contribution is 2.24. The minimum atomic E-state index is -1.10. The molecule has 7 heteroatoms. The molecule has 0 aliphatic heterocycles. The largest absolute Gasteiger partial charge is 0.441 e. The van der Waals surface area contributed by atoms with Crippen molar-refractivity contribution in [2.24, 2.45) is 0 Å². The lowest BCUT2D eigenvalue weighted by Crippen LogP contribution is -2.40. The molecular weight excluding hydrogens is 314 g/mol. The maximum atomic E-state index is 12.0. The average Bonchev–Trinajstić information content (AvgIpc) is 3.13. The van der Waals surface area contributed by atoms with Crippen molar-refractivity contribution in [2.75, 3.05) is 11.9 Å². The van der Waals surface area contributed by atoms with Crippen LogP contribution < -0.4 is 10.6 Å². The van der Waals surface area contributed by atoms with Crippen LogP contribution in [0.4, 0.5) is 10.5 Å². The Morgan fingerprint density at radius 2 is 2.26 bits per heavy atom. The molecule has 0 saturated heterocycles. The predicted octanol–water partition coefficient (Wildman–Crippen LogP) is 3.23. The quantitative estimate of drug-likeness (QED) is 0.685. The van der Waals surface area contributed by atoms with Gasteiger partial charge in [-0.1, -0.05) is 6.07 Å². The predicted molar refractivity (Wildman–Crippen MR) is 89.7 cm³/mol. The molecule has 1 atom stereocenters. The molecule has 0 radical (unpaired) electrons. The van der Waals surface area contributed by atoms with Gasteiger partial charge in [-0.2, -0.15) is 0 Å². The number of fused-ring (bicyclic) bond motifs is 1. The molecule has 1 aromatic carbocycles. The maximum Gasteiger partial charge on any atom is 0.319 e. The monoisotopic (exact) mass is 331 g/mol. The molecule has 2 amide bonds. The lowest BCUT2D eigenvalue weighted by molar-refractivity contribution is 0.0637. The van der Waals surface area contributed by atoms with E-state index in [2.05, 4.69) is 15.6 Å². The first-order valence-electron chi connectivity index (χ1n) is 7.12. The number of nitrogens with zero attached hydrogens (tertiary/aromatic N) is 1. The van der Waals surface area contributed by atoms with E-state index in [1.54, 1.807) is 32.0 Å². The first-order chi connectivity index (χ1) is 10.9. The number of anilines is 1. The van der Waals surface area contributed by atoms with Crippen LogP contribution in [-0.4, -0.2) is 22.7 Å². The Morgan fingerprint density at radius 1 is 1.43 bits per heavy atom. The Hall–Kier alpha value is -2.38. The molecule has 0 saturated carbocycles. The van der Waals surface area contributed by atoms with E-state index >= 15 is 0 Å². The fraction of sp³-hybridized carbons (Fsp3) is 0.250. The van der Waals surface area contributed by atoms with Crippen LogP contribution in [-0.2, 0) is 5.60 Å². The van der Waals surface area contributed by atoms with Crippen LogP contribution in [0.1, 0.15) is 17.7 Å². The Labute approximate surface area is 137 Å². The highest BCUT2D eigenvalue weighted by Gasteiger charge is 2.24. The van der Waals surface area contributed by atoms with Crippen molar-refractivity contribution in [3.63, 3.8) is 0 Å². The highest BCUT2D eigenvalue weighted by atomic mass is 32.1. The number of aliphatic hydroxyl groups is 1. The third-order valence-electron chi connectivity index (χ3n) is 3.40. The van der Waals surface area contributed by atoms with Crippen molar-refractivity contribution >= 4 is 34.2 Å². The van der Waals surface area contributed by atoms with Crippen molar-refractivity contribution in [1.29, 1.82) is 0 Å². The van der Waals surface area contributed by atoms with Gasteiger partial charge in [0.1, 0.15) is 11.1 Å². The molecule has 0 fully saturated rings. The van der Waals surface area contributed by atoms with E-state index in [1.165, 1.54) is 11.3 Å². The van der Waals surface area contributed by atoms with Crippen LogP contribution in [0.3, 0.4) is 0 Å². The summed E-state index contributed by atoms with van der Waals surface area (Å²) in [6.45, 7) is 3.56. The number of thiophene rings is 1. The zero-order valence-corrected chi connectivity index (χ0v) is 13.6. The van der Waals surface area contributed by atoms with Crippen LogP contribution in [0.5, 0.6) is 0 Å². The SMILES string of the molecule is Cc1nc2cc(NC(=O)NCC(C)(O)c3cccs3)ccc2o1. The van der Waals surface area contributed by atoms with Gasteiger partial charge in [0.05, 0.1) is 6.54 Å². The summed E-state index contributed by atoms with van der Waals surface area (Å²) >= 11 is 1.45. The summed E-state index contributed by atoms with van der Waals surface area (Å²) in [4.78, 5) is 17.0. The molecule has 0 aliphatic carbocycles. The first-order valence-corrected chi connectivity index (χ1v) is 8.00. The summed E-state index contributed by atoms with van der Waals surface area (Å²) in [5.74, 6) is 0.577. The number of rotatable bonds is 4. The summed E-state index contributed by atoms with van der Waals surface area (Å²) in [5.41, 5.74) is 0.873. The molecule has 3 N–H and O–H groups in total. The molecule has 120 valence electrons. The third-order valence-corrected chi connectivity index (χ3v) is 4.52. The number of aryl methyl sites for hydroxylation is 1. The zero-order valence-electron chi connectivity index (χ0n) is 12.8. The minimum Gasteiger partial charge on any atom is -0.441 e. The van der Waals surface area contributed by atoms with Crippen LogP contribution in [0.15, 0.2) is 40.1 Å². The van der Waals surface area contributed by atoms with Crippen LogP contribution in [0.2, 0.25) is 0 Å². The Bertz CT molecular complexity index is 824. The zero-order chi connectivity index (χ0) is 16.4. The van der Waals surface area contributed by atoms with E-state index < -0.39 is 5.60 Å². The van der Waals surface area contributed by atoms with Crippen LogP contribution in [0.25, 0.3) is 11.1 Å². The van der Waals surface area contributed by atoms with Gasteiger partial charge in [0.25, 0.3) is 0 Å². The van der Waals surface area contributed by atoms with Crippen LogP contribution >= 0.6 is 11.3 Å². The molecule has 0 aliphatic rings. The number of amides is 2. The van der Waals surface area contributed by atoms with Gasteiger partial charge in [0.15, 0.2) is 11.5 Å². The van der Waals surface area contributed by atoms with Crippen molar-refractivity contribution in [3.8, 4) is 0 Å². The average molecular weight is 331 g/mol. The summed E-state index contributed by atoms with van der Waals surface area (Å²) in [7, 11) is 0.